The van der Waals surface area contributed by atoms with Crippen molar-refractivity contribution in [3.05, 3.63) is 76.7 Å². The highest BCUT2D eigenvalue weighted by Gasteiger charge is 2.24. The van der Waals surface area contributed by atoms with Crippen LogP contribution in [0.1, 0.15) is 16.7 Å². The summed E-state index contributed by atoms with van der Waals surface area (Å²) in [6.07, 6.45) is 1.52. The third kappa shape index (κ3) is 2.76. The molecule has 0 N–H and O–H groups in total. The molecule has 4 nitrogen and oxygen atoms in total. The Kier molecular flexibility index (Phi) is 3.50. The average molecular weight is 292 g/mol. The van der Waals surface area contributed by atoms with Gasteiger partial charge in [-0.05, 0) is 42.0 Å². The van der Waals surface area contributed by atoms with Gasteiger partial charge in [-0.25, -0.2) is 14.2 Å². The molecule has 0 aliphatic carbocycles. The lowest BCUT2D eigenvalue weighted by atomic mass is 10.1. The number of cyclic esters (lactones) is 1. The highest BCUT2D eigenvalue weighted by molar-refractivity contribution is 6.12. The van der Waals surface area contributed by atoms with E-state index in [0.29, 0.717) is 16.7 Å². The van der Waals surface area contributed by atoms with Crippen LogP contribution in [0.25, 0.3) is 6.08 Å². The summed E-state index contributed by atoms with van der Waals surface area (Å²) >= 11 is 0. The zero-order valence-corrected chi connectivity index (χ0v) is 11.3. The summed E-state index contributed by atoms with van der Waals surface area (Å²) < 4.78 is 18.3. The first-order chi connectivity index (χ1) is 10.7. The monoisotopic (exact) mass is 292 g/mol. The molecule has 0 aromatic heterocycles. The molecule has 2 aromatic rings. The van der Waals surface area contributed by atoms with E-state index in [4.69, 9.17) is 10.00 Å². The van der Waals surface area contributed by atoms with E-state index in [2.05, 4.69) is 4.99 Å². The van der Waals surface area contributed by atoms with Crippen molar-refractivity contribution in [2.24, 2.45) is 4.99 Å². The zero-order valence-electron chi connectivity index (χ0n) is 11.3. The fourth-order valence-corrected chi connectivity index (χ4v) is 2.01. The van der Waals surface area contributed by atoms with Crippen molar-refractivity contribution in [1.82, 2.24) is 0 Å². The summed E-state index contributed by atoms with van der Waals surface area (Å²) in [6, 6.07) is 14.4. The Morgan fingerprint density at radius 2 is 2.00 bits per heavy atom. The Bertz CT molecular complexity index is 863. The topological polar surface area (TPSA) is 62.4 Å². The Morgan fingerprint density at radius 1 is 1.18 bits per heavy atom. The van der Waals surface area contributed by atoms with Crippen molar-refractivity contribution in [1.29, 1.82) is 5.26 Å². The summed E-state index contributed by atoms with van der Waals surface area (Å²) in [5.74, 6) is -0.982. The largest absolute Gasteiger partial charge is 0.402 e. The van der Waals surface area contributed by atoms with Gasteiger partial charge in [-0.1, -0.05) is 18.2 Å². The summed E-state index contributed by atoms with van der Waals surface area (Å²) in [6.45, 7) is 0. The van der Waals surface area contributed by atoms with Gasteiger partial charge in [0, 0.05) is 5.56 Å². The van der Waals surface area contributed by atoms with Crippen LogP contribution in [0.4, 0.5) is 4.39 Å². The number of carbonyl (C=O) groups excluding carboxylic acids is 1. The van der Waals surface area contributed by atoms with Crippen LogP contribution in [-0.4, -0.2) is 11.9 Å². The van der Waals surface area contributed by atoms with Gasteiger partial charge in [-0.2, -0.15) is 5.26 Å². The minimum absolute atomic E-state index is 0.0622. The summed E-state index contributed by atoms with van der Waals surface area (Å²) in [5.41, 5.74) is 1.64. The fourth-order valence-electron chi connectivity index (χ4n) is 2.01. The maximum atomic E-state index is 13.2. The van der Waals surface area contributed by atoms with E-state index in [1.165, 1.54) is 24.3 Å². The molecule has 5 heteroatoms. The van der Waals surface area contributed by atoms with Gasteiger partial charge >= 0.3 is 5.97 Å². The van der Waals surface area contributed by atoms with Crippen LogP contribution in [0.5, 0.6) is 0 Å². The lowest BCUT2D eigenvalue weighted by Crippen LogP contribution is -2.05. The highest BCUT2D eigenvalue weighted by Crippen LogP contribution is 2.19. The van der Waals surface area contributed by atoms with Gasteiger partial charge in [0.25, 0.3) is 0 Å². The summed E-state index contributed by atoms with van der Waals surface area (Å²) in [7, 11) is 0. The smallest absolute Gasteiger partial charge is 0.363 e. The Morgan fingerprint density at radius 3 is 2.77 bits per heavy atom. The molecule has 0 bridgehead atoms. The molecule has 0 atom stereocenters. The first kappa shape index (κ1) is 13.7. The van der Waals surface area contributed by atoms with E-state index >= 15 is 0 Å². The molecule has 106 valence electrons. The molecule has 0 amide bonds. The Hall–Kier alpha value is -3.26. The van der Waals surface area contributed by atoms with Crippen LogP contribution in [-0.2, 0) is 9.53 Å². The number of esters is 1. The standard InChI is InChI=1S/C17H9FN2O2/c18-14-6-2-5-13(9-14)16-20-15(17(21)22-16)8-11-3-1-4-12(7-11)10-19/h1-9H/b15-8-. The maximum absolute atomic E-state index is 13.2. The molecule has 22 heavy (non-hydrogen) atoms. The third-order valence-corrected chi connectivity index (χ3v) is 3.01. The second kappa shape index (κ2) is 5.62. The first-order valence-corrected chi connectivity index (χ1v) is 6.44. The average Bonchev–Trinajstić information content (AvgIpc) is 2.89. The molecule has 1 aliphatic rings. The predicted molar refractivity (Wildman–Crippen MR) is 78.2 cm³/mol. The molecular weight excluding hydrogens is 283 g/mol. The van der Waals surface area contributed by atoms with Crippen LogP contribution in [0.2, 0.25) is 0 Å². The van der Waals surface area contributed by atoms with Gasteiger partial charge in [-0.15, -0.1) is 0 Å². The Labute approximate surface area is 125 Å². The molecule has 1 aliphatic heterocycles. The number of nitrogens with zero attached hydrogens (tertiary/aromatic N) is 2. The molecule has 0 unspecified atom stereocenters. The van der Waals surface area contributed by atoms with Gasteiger partial charge in [0.1, 0.15) is 5.82 Å². The molecule has 3 rings (SSSR count). The predicted octanol–water partition coefficient (Wildman–Crippen LogP) is 3.04. The highest BCUT2D eigenvalue weighted by atomic mass is 19.1. The summed E-state index contributed by atoms with van der Waals surface area (Å²) in [5, 5.41) is 8.87. The number of hydrogen-bond donors (Lipinski definition) is 0. The zero-order chi connectivity index (χ0) is 15.5. The minimum atomic E-state index is -0.610. The molecular formula is C17H9FN2O2. The number of halogens is 1. The summed E-state index contributed by atoms with van der Waals surface area (Å²) in [4.78, 5) is 15.9. The molecule has 0 saturated heterocycles. The van der Waals surface area contributed by atoms with Crippen molar-refractivity contribution in [2.75, 3.05) is 0 Å². The van der Waals surface area contributed by atoms with Crippen LogP contribution in [0, 0.1) is 17.1 Å². The van der Waals surface area contributed by atoms with E-state index in [9.17, 15) is 9.18 Å². The SMILES string of the molecule is N#Cc1cccc(/C=C2\N=C(c3cccc(F)c3)OC2=O)c1. The Balaban J connectivity index is 1.96. The van der Waals surface area contributed by atoms with E-state index in [1.807, 2.05) is 6.07 Å². The van der Waals surface area contributed by atoms with E-state index in [-0.39, 0.29) is 11.6 Å². The van der Waals surface area contributed by atoms with Crippen molar-refractivity contribution in [3.63, 3.8) is 0 Å². The van der Waals surface area contributed by atoms with Crippen LogP contribution in [0.15, 0.2) is 59.2 Å². The van der Waals surface area contributed by atoms with Crippen molar-refractivity contribution in [2.45, 2.75) is 0 Å². The van der Waals surface area contributed by atoms with Gasteiger partial charge in [0.15, 0.2) is 5.70 Å². The number of aliphatic imine (C=N–C) groups is 1. The van der Waals surface area contributed by atoms with E-state index < -0.39 is 11.8 Å². The van der Waals surface area contributed by atoms with Crippen LogP contribution < -0.4 is 0 Å². The molecule has 1 heterocycles. The molecule has 2 aromatic carbocycles. The lowest BCUT2D eigenvalue weighted by Gasteiger charge is -1.98. The number of carbonyl (C=O) groups is 1. The third-order valence-electron chi connectivity index (χ3n) is 3.01. The van der Waals surface area contributed by atoms with Crippen molar-refractivity contribution < 1.29 is 13.9 Å². The fraction of sp³-hybridized carbons (Fsp3) is 0. The second-order valence-corrected chi connectivity index (χ2v) is 4.58. The molecule has 0 fully saturated rings. The molecule has 0 spiro atoms. The second-order valence-electron chi connectivity index (χ2n) is 4.58. The number of ether oxygens (including phenoxy) is 1. The number of benzene rings is 2. The van der Waals surface area contributed by atoms with Gasteiger partial charge in [0.2, 0.25) is 5.90 Å². The minimum Gasteiger partial charge on any atom is -0.402 e. The molecule has 0 radical (unpaired) electrons. The normalized spacial score (nSPS) is 15.4. The molecule has 0 saturated carbocycles. The van der Waals surface area contributed by atoms with E-state index in [0.717, 1.165) is 0 Å². The van der Waals surface area contributed by atoms with Crippen molar-refractivity contribution in [3.8, 4) is 6.07 Å². The number of rotatable bonds is 2. The van der Waals surface area contributed by atoms with Crippen LogP contribution in [0.3, 0.4) is 0 Å². The van der Waals surface area contributed by atoms with E-state index in [1.54, 1.807) is 30.3 Å². The van der Waals surface area contributed by atoms with Gasteiger partial charge < -0.3 is 4.74 Å². The number of nitriles is 1. The van der Waals surface area contributed by atoms with Crippen LogP contribution >= 0.6 is 0 Å². The quantitative estimate of drug-likeness (QED) is 0.631. The van der Waals surface area contributed by atoms with Crippen molar-refractivity contribution >= 4 is 17.9 Å². The lowest BCUT2D eigenvalue weighted by molar-refractivity contribution is -0.129. The first-order valence-electron chi connectivity index (χ1n) is 6.44. The van der Waals surface area contributed by atoms with Gasteiger partial charge in [-0.3, -0.25) is 0 Å². The number of hydrogen-bond acceptors (Lipinski definition) is 4. The van der Waals surface area contributed by atoms with Gasteiger partial charge in [0.05, 0.1) is 11.6 Å². The maximum Gasteiger partial charge on any atom is 0.363 e.